The Morgan fingerprint density at radius 3 is 2.90 bits per heavy atom. The number of hydrogen-bond acceptors (Lipinski definition) is 3. The van der Waals surface area contributed by atoms with Crippen LogP contribution in [0, 0.1) is 6.92 Å². The second-order valence-electron chi connectivity index (χ2n) is 5.69. The van der Waals surface area contributed by atoms with Gasteiger partial charge >= 0.3 is 0 Å². The maximum absolute atomic E-state index is 4.52. The molecule has 0 aliphatic heterocycles. The largest absolute Gasteiger partial charge is 0.310 e. The van der Waals surface area contributed by atoms with E-state index in [0.717, 1.165) is 13.1 Å². The lowest BCUT2D eigenvalue weighted by Gasteiger charge is -2.05. The zero-order valence-corrected chi connectivity index (χ0v) is 13.6. The molecule has 3 nitrogen and oxygen atoms in total. The maximum atomic E-state index is 4.52. The van der Waals surface area contributed by atoms with Gasteiger partial charge in [-0.3, -0.25) is 4.68 Å². The molecule has 3 rings (SSSR count). The number of nitrogens with one attached hydrogen (secondary N) is 1. The summed E-state index contributed by atoms with van der Waals surface area (Å²) in [5.41, 5.74) is 2.57. The Bertz CT molecular complexity index is 739. The van der Waals surface area contributed by atoms with Gasteiger partial charge in [-0.25, -0.2) is 0 Å². The van der Waals surface area contributed by atoms with Gasteiger partial charge in [-0.2, -0.15) is 5.10 Å². The van der Waals surface area contributed by atoms with Crippen molar-refractivity contribution in [1.82, 2.24) is 15.1 Å². The highest BCUT2D eigenvalue weighted by atomic mass is 32.1. The maximum Gasteiger partial charge on any atom is 0.0686 e. The first-order valence-corrected chi connectivity index (χ1v) is 8.17. The highest BCUT2D eigenvalue weighted by molar-refractivity contribution is 7.12. The Hall–Kier alpha value is -1.65. The van der Waals surface area contributed by atoms with Gasteiger partial charge in [-0.05, 0) is 24.6 Å². The van der Waals surface area contributed by atoms with E-state index in [2.05, 4.69) is 66.2 Å². The van der Waals surface area contributed by atoms with Crippen LogP contribution in [0.3, 0.4) is 0 Å². The molecule has 1 N–H and O–H groups in total. The van der Waals surface area contributed by atoms with Gasteiger partial charge in [-0.1, -0.05) is 32.0 Å². The molecule has 2 aromatic heterocycles. The van der Waals surface area contributed by atoms with Crippen molar-refractivity contribution in [3.05, 3.63) is 51.8 Å². The van der Waals surface area contributed by atoms with E-state index in [4.69, 9.17) is 0 Å². The molecule has 0 unspecified atom stereocenters. The Balaban J connectivity index is 1.81. The van der Waals surface area contributed by atoms with E-state index < -0.39 is 0 Å². The van der Waals surface area contributed by atoms with Crippen LogP contribution in [0.2, 0.25) is 0 Å². The molecule has 0 saturated carbocycles. The van der Waals surface area contributed by atoms with E-state index in [9.17, 15) is 0 Å². The number of aryl methyl sites for hydroxylation is 1. The molecule has 0 saturated heterocycles. The van der Waals surface area contributed by atoms with Crippen LogP contribution in [-0.4, -0.2) is 15.8 Å². The Kier molecular flexibility index (Phi) is 4.08. The lowest BCUT2D eigenvalue weighted by atomic mass is 10.2. The topological polar surface area (TPSA) is 29.9 Å². The molecule has 0 aliphatic carbocycles. The van der Waals surface area contributed by atoms with Crippen LogP contribution in [0.15, 0.2) is 36.5 Å². The van der Waals surface area contributed by atoms with Gasteiger partial charge in [0.05, 0.1) is 18.3 Å². The number of benzene rings is 1. The summed E-state index contributed by atoms with van der Waals surface area (Å²) in [5, 5.41) is 9.20. The highest BCUT2D eigenvalue weighted by Gasteiger charge is 2.09. The third kappa shape index (κ3) is 3.17. The van der Waals surface area contributed by atoms with Crippen LogP contribution >= 0.6 is 11.3 Å². The normalized spacial score (nSPS) is 11.6. The van der Waals surface area contributed by atoms with Crippen molar-refractivity contribution in [2.75, 3.05) is 0 Å². The number of aromatic nitrogens is 2. The summed E-state index contributed by atoms with van der Waals surface area (Å²) >= 11 is 1.88. The second-order valence-corrected chi connectivity index (χ2v) is 7.03. The third-order valence-corrected chi connectivity index (χ3v) is 4.72. The van der Waals surface area contributed by atoms with Crippen molar-refractivity contribution >= 4 is 22.2 Å². The molecule has 2 heterocycles. The van der Waals surface area contributed by atoms with Crippen LogP contribution in [0.25, 0.3) is 10.9 Å². The molecular weight excluding hydrogens is 278 g/mol. The van der Waals surface area contributed by atoms with E-state index in [1.807, 2.05) is 17.5 Å². The second kappa shape index (κ2) is 6.00. The Labute approximate surface area is 129 Å². The van der Waals surface area contributed by atoms with Crippen LogP contribution in [0.5, 0.6) is 0 Å². The number of thiophene rings is 1. The Morgan fingerprint density at radius 2 is 2.10 bits per heavy atom. The van der Waals surface area contributed by atoms with Gasteiger partial charge < -0.3 is 5.32 Å². The first-order valence-electron chi connectivity index (χ1n) is 7.35. The molecule has 0 aliphatic rings. The quantitative estimate of drug-likeness (QED) is 0.773. The number of rotatable bonds is 5. The molecule has 0 amide bonds. The predicted molar refractivity (Wildman–Crippen MR) is 89.9 cm³/mol. The van der Waals surface area contributed by atoms with Gasteiger partial charge in [0.15, 0.2) is 0 Å². The summed E-state index contributed by atoms with van der Waals surface area (Å²) < 4.78 is 2.09. The molecule has 21 heavy (non-hydrogen) atoms. The fraction of sp³-hybridized carbons (Fsp3) is 0.353. The molecule has 3 aromatic rings. The van der Waals surface area contributed by atoms with Gasteiger partial charge in [-0.15, -0.1) is 11.3 Å². The monoisotopic (exact) mass is 299 g/mol. The molecular formula is C17H21N3S. The number of para-hydroxylation sites is 1. The standard InChI is InChI=1S/C17H21N3S/c1-12(2)18-10-16-8-15(13(3)21-16)11-20-17-7-5-4-6-14(17)9-19-20/h4-9,12,18H,10-11H2,1-3H3. The van der Waals surface area contributed by atoms with E-state index in [1.54, 1.807) is 0 Å². The molecule has 0 atom stereocenters. The first-order chi connectivity index (χ1) is 10.1. The summed E-state index contributed by atoms with van der Waals surface area (Å²) in [6, 6.07) is 11.2. The van der Waals surface area contributed by atoms with Crippen molar-refractivity contribution in [2.24, 2.45) is 0 Å². The van der Waals surface area contributed by atoms with Gasteiger partial charge in [0.2, 0.25) is 0 Å². The minimum Gasteiger partial charge on any atom is -0.310 e. The molecule has 4 heteroatoms. The Morgan fingerprint density at radius 1 is 1.29 bits per heavy atom. The van der Waals surface area contributed by atoms with Crippen LogP contribution in [0.1, 0.15) is 29.2 Å². The van der Waals surface area contributed by atoms with Crippen LogP contribution in [0.4, 0.5) is 0 Å². The van der Waals surface area contributed by atoms with E-state index in [0.29, 0.717) is 6.04 Å². The van der Waals surface area contributed by atoms with Gasteiger partial charge in [0.25, 0.3) is 0 Å². The van der Waals surface area contributed by atoms with Crippen molar-refractivity contribution in [3.8, 4) is 0 Å². The van der Waals surface area contributed by atoms with Gasteiger partial charge in [0, 0.05) is 27.7 Å². The zero-order chi connectivity index (χ0) is 14.8. The predicted octanol–water partition coefficient (Wildman–Crippen LogP) is 3.95. The number of fused-ring (bicyclic) bond motifs is 1. The zero-order valence-electron chi connectivity index (χ0n) is 12.8. The smallest absolute Gasteiger partial charge is 0.0686 e. The summed E-state index contributed by atoms with van der Waals surface area (Å²) in [6.45, 7) is 8.35. The molecule has 0 radical (unpaired) electrons. The van der Waals surface area contributed by atoms with Crippen molar-refractivity contribution in [2.45, 2.75) is 39.9 Å². The highest BCUT2D eigenvalue weighted by Crippen LogP contribution is 2.24. The van der Waals surface area contributed by atoms with Crippen LogP contribution in [-0.2, 0) is 13.1 Å². The SMILES string of the molecule is Cc1sc(CNC(C)C)cc1Cn1ncc2ccccc21. The summed E-state index contributed by atoms with van der Waals surface area (Å²) in [6.07, 6.45) is 1.94. The molecule has 0 spiro atoms. The van der Waals surface area contributed by atoms with Crippen LogP contribution < -0.4 is 5.32 Å². The fourth-order valence-corrected chi connectivity index (χ4v) is 3.45. The lowest BCUT2D eigenvalue weighted by molar-refractivity contribution is 0.593. The minimum atomic E-state index is 0.519. The molecule has 110 valence electrons. The fourth-order valence-electron chi connectivity index (χ4n) is 2.45. The summed E-state index contributed by atoms with van der Waals surface area (Å²) in [7, 11) is 0. The average Bonchev–Trinajstić information content (AvgIpc) is 3.02. The molecule has 1 aromatic carbocycles. The average molecular weight is 299 g/mol. The van der Waals surface area contributed by atoms with E-state index >= 15 is 0 Å². The number of hydrogen-bond donors (Lipinski definition) is 1. The summed E-state index contributed by atoms with van der Waals surface area (Å²) in [5.74, 6) is 0. The van der Waals surface area contributed by atoms with Crippen molar-refractivity contribution < 1.29 is 0 Å². The number of nitrogens with zero attached hydrogens (tertiary/aromatic N) is 2. The van der Waals surface area contributed by atoms with E-state index in [-0.39, 0.29) is 0 Å². The minimum absolute atomic E-state index is 0.519. The summed E-state index contributed by atoms with van der Waals surface area (Å²) in [4.78, 5) is 2.78. The molecule has 0 bridgehead atoms. The van der Waals surface area contributed by atoms with Crippen molar-refractivity contribution in [1.29, 1.82) is 0 Å². The van der Waals surface area contributed by atoms with Gasteiger partial charge in [0.1, 0.15) is 0 Å². The van der Waals surface area contributed by atoms with E-state index in [1.165, 1.54) is 26.2 Å². The van der Waals surface area contributed by atoms with Crippen molar-refractivity contribution in [3.63, 3.8) is 0 Å². The molecule has 0 fully saturated rings. The lowest BCUT2D eigenvalue weighted by Crippen LogP contribution is -2.21. The first kappa shape index (κ1) is 14.3. The third-order valence-electron chi connectivity index (χ3n) is 3.63.